The molecule has 2 aromatic heterocycles. The number of hydrogen-bond acceptors (Lipinski definition) is 6. The van der Waals surface area contributed by atoms with E-state index in [1.807, 2.05) is 31.9 Å². The molecule has 0 radical (unpaired) electrons. The van der Waals surface area contributed by atoms with Crippen LogP contribution in [-0.2, 0) is 17.9 Å². The minimum Gasteiger partial charge on any atom is -0.361 e. The molecule has 0 aromatic carbocycles. The number of hydrogen-bond donors (Lipinski definition) is 0. The normalized spacial score (nSPS) is 24.1. The Kier molecular flexibility index (Phi) is 4.16. The molecule has 0 saturated carbocycles. The van der Waals surface area contributed by atoms with Gasteiger partial charge in [0.05, 0.1) is 22.7 Å². The lowest BCUT2D eigenvalue weighted by atomic mass is 9.72. The van der Waals surface area contributed by atoms with Gasteiger partial charge in [-0.25, -0.2) is 4.98 Å². The van der Waals surface area contributed by atoms with Gasteiger partial charge in [0.1, 0.15) is 5.76 Å². The van der Waals surface area contributed by atoms with Gasteiger partial charge < -0.3 is 9.42 Å². The summed E-state index contributed by atoms with van der Waals surface area (Å²) in [7, 11) is 0. The van der Waals surface area contributed by atoms with Crippen LogP contribution in [0.4, 0.5) is 0 Å². The first-order chi connectivity index (χ1) is 12.0. The van der Waals surface area contributed by atoms with Crippen molar-refractivity contribution >= 4 is 17.2 Å². The summed E-state index contributed by atoms with van der Waals surface area (Å²) in [6.07, 6.45) is 4.05. The maximum absolute atomic E-state index is 12.9. The third-order valence-corrected chi connectivity index (χ3v) is 6.37. The number of aryl methyl sites for hydroxylation is 3. The number of amides is 1. The maximum Gasteiger partial charge on any atom is 0.232 e. The Morgan fingerprint density at radius 3 is 2.76 bits per heavy atom. The van der Waals surface area contributed by atoms with Crippen LogP contribution in [0.25, 0.3) is 0 Å². The molecule has 2 aliphatic heterocycles. The van der Waals surface area contributed by atoms with Gasteiger partial charge in [-0.05, 0) is 40.2 Å². The summed E-state index contributed by atoms with van der Waals surface area (Å²) < 4.78 is 5.22. The molecule has 7 heteroatoms. The first-order valence-electron chi connectivity index (χ1n) is 8.82. The van der Waals surface area contributed by atoms with Gasteiger partial charge >= 0.3 is 0 Å². The highest BCUT2D eigenvalue weighted by Gasteiger charge is 2.53. The Labute approximate surface area is 151 Å². The van der Waals surface area contributed by atoms with Crippen molar-refractivity contribution < 1.29 is 9.32 Å². The lowest BCUT2D eigenvalue weighted by Gasteiger charge is -2.53. The molecule has 4 heterocycles. The summed E-state index contributed by atoms with van der Waals surface area (Å²) in [5, 5.41) is 5.10. The third kappa shape index (κ3) is 3.00. The van der Waals surface area contributed by atoms with Crippen LogP contribution in [0.2, 0.25) is 0 Å². The molecule has 25 heavy (non-hydrogen) atoms. The summed E-state index contributed by atoms with van der Waals surface area (Å²) in [5.41, 5.74) is 1.75. The van der Waals surface area contributed by atoms with Gasteiger partial charge in [-0.15, -0.1) is 11.3 Å². The zero-order valence-electron chi connectivity index (χ0n) is 15.0. The zero-order chi connectivity index (χ0) is 17.6. The molecule has 2 aliphatic rings. The average molecular weight is 360 g/mol. The number of carbonyl (C=O) groups is 1. The van der Waals surface area contributed by atoms with Crippen LogP contribution in [0, 0.1) is 26.2 Å². The molecule has 1 atom stereocenters. The number of aromatic nitrogens is 2. The predicted octanol–water partition coefficient (Wildman–Crippen LogP) is 2.68. The fraction of sp³-hybridized carbons (Fsp3) is 0.611. The lowest BCUT2D eigenvalue weighted by molar-refractivity contribution is -0.167. The molecule has 2 aromatic rings. The molecule has 4 rings (SSSR count). The summed E-state index contributed by atoms with van der Waals surface area (Å²) in [4.78, 5) is 22.9. The number of piperidine rings is 1. The largest absolute Gasteiger partial charge is 0.361 e. The van der Waals surface area contributed by atoms with Crippen LogP contribution in [-0.4, -0.2) is 45.5 Å². The van der Waals surface area contributed by atoms with Gasteiger partial charge in [0.25, 0.3) is 0 Å². The predicted molar refractivity (Wildman–Crippen MR) is 95.2 cm³/mol. The van der Waals surface area contributed by atoms with E-state index in [9.17, 15) is 4.79 Å². The molecule has 1 spiro atoms. The number of nitrogens with zero attached hydrogens (tertiary/aromatic N) is 4. The van der Waals surface area contributed by atoms with E-state index in [1.165, 1.54) is 4.88 Å². The van der Waals surface area contributed by atoms with Crippen LogP contribution in [0.15, 0.2) is 10.7 Å². The first-order valence-corrected chi connectivity index (χ1v) is 9.63. The Hall–Kier alpha value is -1.73. The van der Waals surface area contributed by atoms with Crippen LogP contribution in [0.5, 0.6) is 0 Å². The van der Waals surface area contributed by atoms with Crippen molar-refractivity contribution in [1.82, 2.24) is 19.9 Å². The average Bonchev–Trinajstić information content (AvgIpc) is 3.14. The number of thiazole rings is 1. The highest BCUT2D eigenvalue weighted by molar-refractivity contribution is 7.11. The molecule has 6 nitrogen and oxygen atoms in total. The van der Waals surface area contributed by atoms with Crippen molar-refractivity contribution in [3.05, 3.63) is 33.1 Å². The molecule has 0 unspecified atom stereocenters. The second-order valence-corrected chi connectivity index (χ2v) is 8.72. The summed E-state index contributed by atoms with van der Waals surface area (Å²) in [6.45, 7) is 10.2. The second kappa shape index (κ2) is 6.21. The van der Waals surface area contributed by atoms with Crippen molar-refractivity contribution in [3.63, 3.8) is 0 Å². The molecule has 2 saturated heterocycles. The summed E-state index contributed by atoms with van der Waals surface area (Å²) in [5.74, 6) is 1.11. The van der Waals surface area contributed by atoms with Gasteiger partial charge in [-0.1, -0.05) is 5.16 Å². The van der Waals surface area contributed by atoms with Crippen LogP contribution >= 0.6 is 11.3 Å². The van der Waals surface area contributed by atoms with Gasteiger partial charge in [0.15, 0.2) is 0 Å². The molecule has 1 amide bonds. The highest BCUT2D eigenvalue weighted by Crippen LogP contribution is 2.41. The first kappa shape index (κ1) is 16.7. The molecule has 2 fully saturated rings. The molecule has 0 N–H and O–H groups in total. The minimum atomic E-state index is -0.184. The van der Waals surface area contributed by atoms with Gasteiger partial charge in [0.2, 0.25) is 5.91 Å². The third-order valence-electron chi connectivity index (χ3n) is 5.47. The van der Waals surface area contributed by atoms with E-state index in [0.29, 0.717) is 6.54 Å². The maximum atomic E-state index is 12.9. The van der Waals surface area contributed by atoms with Gasteiger partial charge in [-0.3, -0.25) is 9.69 Å². The monoisotopic (exact) mass is 360 g/mol. The van der Waals surface area contributed by atoms with E-state index in [-0.39, 0.29) is 11.3 Å². The van der Waals surface area contributed by atoms with E-state index in [2.05, 4.69) is 15.0 Å². The van der Waals surface area contributed by atoms with E-state index in [0.717, 1.165) is 61.0 Å². The van der Waals surface area contributed by atoms with Gasteiger partial charge in [0, 0.05) is 36.3 Å². The minimum absolute atomic E-state index is 0.184. The van der Waals surface area contributed by atoms with Crippen LogP contribution < -0.4 is 0 Å². The van der Waals surface area contributed by atoms with Crippen molar-refractivity contribution in [2.45, 2.75) is 46.7 Å². The summed E-state index contributed by atoms with van der Waals surface area (Å²) >= 11 is 1.75. The molecule has 0 aliphatic carbocycles. The molecular weight excluding hydrogens is 336 g/mol. The zero-order valence-corrected chi connectivity index (χ0v) is 15.9. The standard InChI is InChI=1S/C18H24N4O2S/c1-12-16(13(2)24-20-12)9-22-11-18(17(22)23)5-4-6-21(10-18)8-15-7-19-14(3)25-15/h7H,4-6,8-11H2,1-3H3/t18-/m0/s1. The van der Waals surface area contributed by atoms with E-state index >= 15 is 0 Å². The second-order valence-electron chi connectivity index (χ2n) is 7.40. The molecule has 0 bridgehead atoms. The van der Waals surface area contributed by atoms with E-state index in [4.69, 9.17) is 4.52 Å². The van der Waals surface area contributed by atoms with Crippen molar-refractivity contribution in [1.29, 1.82) is 0 Å². The highest BCUT2D eigenvalue weighted by atomic mass is 32.1. The van der Waals surface area contributed by atoms with Crippen LogP contribution in [0.3, 0.4) is 0 Å². The topological polar surface area (TPSA) is 62.5 Å². The van der Waals surface area contributed by atoms with E-state index < -0.39 is 0 Å². The number of β-lactam (4-membered cyclic amide) rings is 1. The molecule has 134 valence electrons. The smallest absolute Gasteiger partial charge is 0.232 e. The van der Waals surface area contributed by atoms with Gasteiger partial charge in [-0.2, -0.15) is 0 Å². The van der Waals surface area contributed by atoms with Crippen molar-refractivity contribution in [3.8, 4) is 0 Å². The number of carbonyl (C=O) groups excluding carboxylic acids is 1. The number of rotatable bonds is 4. The fourth-order valence-electron chi connectivity index (χ4n) is 4.16. The van der Waals surface area contributed by atoms with Crippen molar-refractivity contribution in [2.75, 3.05) is 19.6 Å². The fourth-order valence-corrected chi connectivity index (χ4v) is 5.00. The Morgan fingerprint density at radius 2 is 2.12 bits per heavy atom. The molecular formula is C18H24N4O2S. The SMILES string of the molecule is Cc1ncc(CN2CCC[C@]3(C2)CN(Cc2c(C)noc2C)C3=O)s1. The quantitative estimate of drug-likeness (QED) is 0.785. The lowest BCUT2D eigenvalue weighted by Crippen LogP contribution is -2.66. The van der Waals surface area contributed by atoms with E-state index in [1.54, 1.807) is 11.3 Å². The van der Waals surface area contributed by atoms with Crippen LogP contribution in [0.1, 0.15) is 39.7 Å². The number of likely N-dealkylation sites (tertiary alicyclic amines) is 2. The van der Waals surface area contributed by atoms with Crippen molar-refractivity contribution in [2.24, 2.45) is 5.41 Å². The summed E-state index contributed by atoms with van der Waals surface area (Å²) in [6, 6.07) is 0. The Balaban J connectivity index is 1.40. The Morgan fingerprint density at radius 1 is 1.28 bits per heavy atom. The Bertz CT molecular complexity index is 779.